The number of carbonyl (C=O) groups is 2. The van der Waals surface area contributed by atoms with Crippen molar-refractivity contribution in [2.75, 3.05) is 23.3 Å². The molecule has 1 aliphatic heterocycles. The van der Waals surface area contributed by atoms with Crippen LogP contribution in [-0.4, -0.2) is 35.1 Å². The van der Waals surface area contributed by atoms with Crippen molar-refractivity contribution in [3.05, 3.63) is 52.7 Å². The molecular weight excluding hydrogens is 423 g/mol. The van der Waals surface area contributed by atoms with Crippen LogP contribution in [0.3, 0.4) is 0 Å². The average Bonchev–Trinajstić information content (AvgIpc) is 2.67. The number of aromatic nitrogens is 1. The molecule has 0 aliphatic carbocycles. The summed E-state index contributed by atoms with van der Waals surface area (Å²) >= 11 is 5.90. The van der Waals surface area contributed by atoms with Crippen LogP contribution in [0.1, 0.15) is 35.3 Å². The van der Waals surface area contributed by atoms with Crippen LogP contribution in [0.25, 0.3) is 0 Å². The van der Waals surface area contributed by atoms with Crippen molar-refractivity contribution in [2.45, 2.75) is 25.4 Å². The van der Waals surface area contributed by atoms with E-state index in [1.165, 1.54) is 18.2 Å². The van der Waals surface area contributed by atoms with E-state index in [1.54, 1.807) is 17.0 Å². The van der Waals surface area contributed by atoms with Gasteiger partial charge in [0.2, 0.25) is 0 Å². The third-order valence-corrected chi connectivity index (χ3v) is 5.11. The Hall–Kier alpha value is -2.81. The Bertz CT molecular complexity index is 944. The molecule has 2 heterocycles. The molecule has 0 saturated carbocycles. The number of rotatable bonds is 5. The number of hydrogen-bond donors (Lipinski definition) is 2. The van der Waals surface area contributed by atoms with E-state index in [4.69, 9.17) is 16.7 Å². The Labute approximate surface area is 175 Å². The first-order chi connectivity index (χ1) is 14.1. The van der Waals surface area contributed by atoms with Crippen molar-refractivity contribution in [1.29, 1.82) is 0 Å². The molecule has 0 radical (unpaired) electrons. The smallest absolute Gasteiger partial charge is 0.433 e. The highest BCUT2D eigenvalue weighted by Gasteiger charge is 2.34. The summed E-state index contributed by atoms with van der Waals surface area (Å²) in [5, 5.41) is 11.9. The molecule has 1 aromatic carbocycles. The fourth-order valence-electron chi connectivity index (χ4n) is 3.36. The second-order valence-electron chi connectivity index (χ2n) is 7.06. The zero-order valence-electron chi connectivity index (χ0n) is 15.7. The monoisotopic (exact) mass is 441 g/mol. The van der Waals surface area contributed by atoms with Gasteiger partial charge >= 0.3 is 12.1 Å². The number of amides is 1. The Balaban J connectivity index is 1.86. The second kappa shape index (κ2) is 8.91. The molecule has 1 aromatic heterocycles. The number of alkyl halides is 3. The lowest BCUT2D eigenvalue weighted by Gasteiger charge is -2.33. The molecule has 1 amide bonds. The third-order valence-electron chi connectivity index (χ3n) is 4.88. The lowest BCUT2D eigenvalue weighted by Crippen LogP contribution is -2.36. The predicted octanol–water partition coefficient (Wildman–Crippen LogP) is 4.70. The van der Waals surface area contributed by atoms with Gasteiger partial charge in [-0.15, -0.1) is 0 Å². The Morgan fingerprint density at radius 1 is 1.20 bits per heavy atom. The van der Waals surface area contributed by atoms with Crippen molar-refractivity contribution in [2.24, 2.45) is 5.92 Å². The number of benzene rings is 1. The van der Waals surface area contributed by atoms with Crippen LogP contribution in [-0.2, 0) is 11.0 Å². The van der Waals surface area contributed by atoms with Crippen molar-refractivity contribution < 1.29 is 27.9 Å². The summed E-state index contributed by atoms with van der Waals surface area (Å²) in [6.07, 6.45) is -3.61. The Morgan fingerprint density at radius 2 is 1.90 bits per heavy atom. The number of pyridine rings is 1. The summed E-state index contributed by atoms with van der Waals surface area (Å²) in [5.74, 6) is -1.47. The fourth-order valence-corrected chi connectivity index (χ4v) is 3.56. The van der Waals surface area contributed by atoms with E-state index in [2.05, 4.69) is 10.3 Å². The zero-order valence-corrected chi connectivity index (χ0v) is 16.5. The van der Waals surface area contributed by atoms with E-state index < -0.39 is 23.7 Å². The summed E-state index contributed by atoms with van der Waals surface area (Å²) in [6, 6.07) is 8.17. The summed E-state index contributed by atoms with van der Waals surface area (Å²) in [5.41, 5.74) is -0.663. The van der Waals surface area contributed by atoms with Crippen LogP contribution in [0.5, 0.6) is 0 Å². The summed E-state index contributed by atoms with van der Waals surface area (Å²) < 4.78 is 39.6. The summed E-state index contributed by atoms with van der Waals surface area (Å²) in [4.78, 5) is 28.9. The first-order valence-corrected chi connectivity index (χ1v) is 9.63. The highest BCUT2D eigenvalue weighted by molar-refractivity contribution is 6.31. The van der Waals surface area contributed by atoms with Gasteiger partial charge in [-0.05, 0) is 49.1 Å². The second-order valence-corrected chi connectivity index (χ2v) is 7.49. The topological polar surface area (TPSA) is 82.5 Å². The van der Waals surface area contributed by atoms with E-state index >= 15 is 0 Å². The number of nitrogens with zero attached hydrogens (tertiary/aromatic N) is 2. The van der Waals surface area contributed by atoms with Gasteiger partial charge in [-0.25, -0.2) is 4.98 Å². The van der Waals surface area contributed by atoms with E-state index in [0.29, 0.717) is 31.0 Å². The third kappa shape index (κ3) is 5.41. The number of carboxylic acid groups (broad SMARTS) is 1. The fraction of sp³-hybridized carbons (Fsp3) is 0.350. The molecule has 10 heteroatoms. The van der Waals surface area contributed by atoms with Crippen molar-refractivity contribution in [3.63, 3.8) is 0 Å². The summed E-state index contributed by atoms with van der Waals surface area (Å²) in [7, 11) is 0. The SMILES string of the molecule is O=C(O)CC1CCN(c2nc(C(F)(F)F)ccc2NC(=O)c2cccc(Cl)c2)CC1. The molecule has 0 spiro atoms. The van der Waals surface area contributed by atoms with Gasteiger partial charge in [-0.3, -0.25) is 9.59 Å². The molecule has 0 bridgehead atoms. The van der Waals surface area contributed by atoms with E-state index in [-0.39, 0.29) is 29.4 Å². The first kappa shape index (κ1) is 21.9. The molecule has 30 heavy (non-hydrogen) atoms. The molecule has 0 atom stereocenters. The van der Waals surface area contributed by atoms with Gasteiger partial charge in [0.25, 0.3) is 5.91 Å². The number of carbonyl (C=O) groups excluding carboxylic acids is 1. The number of halogens is 4. The van der Waals surface area contributed by atoms with Gasteiger partial charge < -0.3 is 15.3 Å². The van der Waals surface area contributed by atoms with Crippen LogP contribution < -0.4 is 10.2 Å². The maximum atomic E-state index is 13.2. The minimum atomic E-state index is -4.63. The van der Waals surface area contributed by atoms with Gasteiger partial charge in [-0.1, -0.05) is 17.7 Å². The molecule has 2 N–H and O–H groups in total. The molecule has 160 valence electrons. The molecular formula is C20H19ClF3N3O3. The van der Waals surface area contributed by atoms with E-state index in [0.717, 1.165) is 6.07 Å². The van der Waals surface area contributed by atoms with Crippen LogP contribution >= 0.6 is 11.6 Å². The maximum Gasteiger partial charge on any atom is 0.433 e. The normalized spacial score (nSPS) is 15.1. The average molecular weight is 442 g/mol. The number of hydrogen-bond acceptors (Lipinski definition) is 4. The maximum absolute atomic E-state index is 13.2. The van der Waals surface area contributed by atoms with Crippen LogP contribution in [0.2, 0.25) is 5.02 Å². The number of nitrogens with one attached hydrogen (secondary N) is 1. The largest absolute Gasteiger partial charge is 0.481 e. The van der Waals surface area contributed by atoms with E-state index in [9.17, 15) is 22.8 Å². The zero-order chi connectivity index (χ0) is 21.9. The van der Waals surface area contributed by atoms with Gasteiger partial charge in [0.1, 0.15) is 5.69 Å². The van der Waals surface area contributed by atoms with Crippen LogP contribution in [0.15, 0.2) is 36.4 Å². The minimum absolute atomic E-state index is 0.00831. The lowest BCUT2D eigenvalue weighted by molar-refractivity contribution is -0.141. The summed E-state index contributed by atoms with van der Waals surface area (Å²) in [6.45, 7) is 0.679. The number of aliphatic carboxylic acids is 1. The molecule has 0 unspecified atom stereocenters. The number of anilines is 2. The Kier molecular flexibility index (Phi) is 6.50. The highest BCUT2D eigenvalue weighted by Crippen LogP contribution is 2.34. The molecule has 6 nitrogen and oxygen atoms in total. The first-order valence-electron chi connectivity index (χ1n) is 9.25. The molecule has 2 aromatic rings. The minimum Gasteiger partial charge on any atom is -0.481 e. The predicted molar refractivity (Wildman–Crippen MR) is 106 cm³/mol. The van der Waals surface area contributed by atoms with Gasteiger partial charge in [0, 0.05) is 30.1 Å². The molecule has 1 fully saturated rings. The lowest BCUT2D eigenvalue weighted by atomic mass is 9.93. The number of piperidine rings is 1. The van der Waals surface area contributed by atoms with E-state index in [1.807, 2.05) is 0 Å². The molecule has 1 aliphatic rings. The molecule has 3 rings (SSSR count). The van der Waals surface area contributed by atoms with Gasteiger partial charge in [0.05, 0.1) is 5.69 Å². The Morgan fingerprint density at radius 3 is 2.50 bits per heavy atom. The standard InChI is InChI=1S/C20H19ClF3N3O3/c21-14-3-1-2-13(11-14)19(30)25-15-4-5-16(20(22,23)24)26-18(15)27-8-6-12(7-9-27)10-17(28)29/h1-5,11-12H,6-10H2,(H,25,30)(H,28,29). The number of carboxylic acids is 1. The van der Waals surface area contributed by atoms with Gasteiger partial charge in [-0.2, -0.15) is 13.2 Å². The highest BCUT2D eigenvalue weighted by atomic mass is 35.5. The van der Waals surface area contributed by atoms with Gasteiger partial charge in [0.15, 0.2) is 5.82 Å². The van der Waals surface area contributed by atoms with Crippen molar-refractivity contribution >= 4 is 35.0 Å². The van der Waals surface area contributed by atoms with Crippen LogP contribution in [0.4, 0.5) is 24.7 Å². The molecule has 1 saturated heterocycles. The quantitative estimate of drug-likeness (QED) is 0.703. The van der Waals surface area contributed by atoms with Crippen LogP contribution in [0, 0.1) is 5.92 Å². The van der Waals surface area contributed by atoms with Crippen molar-refractivity contribution in [1.82, 2.24) is 4.98 Å². The van der Waals surface area contributed by atoms with Crippen molar-refractivity contribution in [3.8, 4) is 0 Å².